The molecule has 0 unspecified atom stereocenters. The first kappa shape index (κ1) is 8.88. The van der Waals surface area contributed by atoms with Gasteiger partial charge in [0.2, 0.25) is 0 Å². The first-order valence-electron chi connectivity index (χ1n) is 4.66. The van der Waals surface area contributed by atoms with Crippen molar-refractivity contribution in [2.75, 3.05) is 0 Å². The van der Waals surface area contributed by atoms with Crippen molar-refractivity contribution in [3.8, 4) is 5.75 Å². The summed E-state index contributed by atoms with van der Waals surface area (Å²) in [5.41, 5.74) is 2.15. The molecule has 0 atom stereocenters. The maximum absolute atomic E-state index is 9.59. The van der Waals surface area contributed by atoms with Crippen molar-refractivity contribution in [3.05, 3.63) is 53.9 Å². The second kappa shape index (κ2) is 3.58. The summed E-state index contributed by atoms with van der Waals surface area (Å²) in [6, 6.07) is 11.5. The van der Waals surface area contributed by atoms with Crippen molar-refractivity contribution in [1.29, 1.82) is 0 Å². The number of benzene rings is 1. The minimum atomic E-state index is 0.362. The van der Waals surface area contributed by atoms with Gasteiger partial charge in [0.15, 0.2) is 0 Å². The highest BCUT2D eigenvalue weighted by Gasteiger charge is 2.01. The van der Waals surface area contributed by atoms with Crippen LogP contribution in [0.25, 0.3) is 0 Å². The second-order valence-corrected chi connectivity index (χ2v) is 3.41. The monoisotopic (exact) mass is 187 g/mol. The van der Waals surface area contributed by atoms with Gasteiger partial charge in [0.1, 0.15) is 5.75 Å². The lowest BCUT2D eigenvalue weighted by Gasteiger charge is -2.07. The van der Waals surface area contributed by atoms with Crippen LogP contribution in [0.3, 0.4) is 0 Å². The van der Waals surface area contributed by atoms with Crippen molar-refractivity contribution < 1.29 is 5.11 Å². The normalized spacial score (nSPS) is 10.4. The second-order valence-electron chi connectivity index (χ2n) is 3.41. The van der Waals surface area contributed by atoms with E-state index in [-0.39, 0.29) is 0 Å². The Labute approximate surface area is 83.4 Å². The molecule has 1 heterocycles. The van der Waals surface area contributed by atoms with Gasteiger partial charge in [-0.25, -0.2) is 0 Å². The molecule has 2 nitrogen and oxygen atoms in total. The van der Waals surface area contributed by atoms with Crippen LogP contribution >= 0.6 is 0 Å². The van der Waals surface area contributed by atoms with Crippen molar-refractivity contribution in [2.45, 2.75) is 13.5 Å². The first-order chi connectivity index (χ1) is 6.77. The van der Waals surface area contributed by atoms with Gasteiger partial charge in [-0.2, -0.15) is 0 Å². The summed E-state index contributed by atoms with van der Waals surface area (Å²) in [7, 11) is 0. The molecule has 0 radical (unpaired) electrons. The molecule has 0 saturated heterocycles. The molecule has 2 rings (SSSR count). The highest BCUT2D eigenvalue weighted by Crippen LogP contribution is 2.17. The topological polar surface area (TPSA) is 25.2 Å². The minimum absolute atomic E-state index is 0.362. The van der Waals surface area contributed by atoms with Crippen molar-refractivity contribution in [3.63, 3.8) is 0 Å². The number of hydrogen-bond donors (Lipinski definition) is 1. The maximum atomic E-state index is 9.59. The fraction of sp³-hybridized carbons (Fsp3) is 0.167. The summed E-state index contributed by atoms with van der Waals surface area (Å²) >= 11 is 0. The van der Waals surface area contributed by atoms with Gasteiger partial charge in [0.25, 0.3) is 0 Å². The van der Waals surface area contributed by atoms with E-state index in [0.717, 1.165) is 12.1 Å². The van der Waals surface area contributed by atoms with Crippen LogP contribution in [0.2, 0.25) is 0 Å². The van der Waals surface area contributed by atoms with Crippen LogP contribution in [0.5, 0.6) is 5.75 Å². The third-order valence-electron chi connectivity index (χ3n) is 2.39. The van der Waals surface area contributed by atoms with E-state index in [1.807, 2.05) is 30.5 Å². The number of phenols is 1. The summed E-state index contributed by atoms with van der Waals surface area (Å²) < 4.78 is 2.11. The molecule has 0 aliphatic rings. The standard InChI is InChI=1S/C12H13NO/c1-10-5-4-8-13(10)9-11-6-2-3-7-12(11)14/h2-8,14H,9H2,1H3. The number of hydrogen-bond acceptors (Lipinski definition) is 1. The summed E-state index contributed by atoms with van der Waals surface area (Å²) in [5.74, 6) is 0.362. The molecular weight excluding hydrogens is 174 g/mol. The van der Waals surface area contributed by atoms with E-state index in [1.165, 1.54) is 5.69 Å². The first-order valence-corrected chi connectivity index (χ1v) is 4.66. The van der Waals surface area contributed by atoms with Gasteiger partial charge in [-0.1, -0.05) is 18.2 Å². The number of para-hydroxylation sites is 1. The predicted octanol–water partition coefficient (Wildman–Crippen LogP) is 2.55. The largest absolute Gasteiger partial charge is 0.508 e. The predicted molar refractivity (Wildman–Crippen MR) is 56.4 cm³/mol. The average Bonchev–Trinajstić information content (AvgIpc) is 2.56. The molecule has 14 heavy (non-hydrogen) atoms. The zero-order valence-corrected chi connectivity index (χ0v) is 8.14. The lowest BCUT2D eigenvalue weighted by atomic mass is 10.2. The lowest BCUT2D eigenvalue weighted by Crippen LogP contribution is -1.99. The molecule has 1 aromatic heterocycles. The molecule has 0 amide bonds. The van der Waals surface area contributed by atoms with E-state index < -0.39 is 0 Å². The quantitative estimate of drug-likeness (QED) is 0.768. The minimum Gasteiger partial charge on any atom is -0.508 e. The van der Waals surface area contributed by atoms with Crippen LogP contribution in [0.4, 0.5) is 0 Å². The molecule has 0 spiro atoms. The molecule has 1 N–H and O–H groups in total. The average molecular weight is 187 g/mol. The Morgan fingerprint density at radius 3 is 2.57 bits per heavy atom. The molecule has 0 saturated carbocycles. The van der Waals surface area contributed by atoms with Crippen LogP contribution in [0.1, 0.15) is 11.3 Å². The number of phenolic OH excluding ortho intramolecular Hbond substituents is 1. The third kappa shape index (κ3) is 1.64. The van der Waals surface area contributed by atoms with Crippen molar-refractivity contribution in [1.82, 2.24) is 4.57 Å². The van der Waals surface area contributed by atoms with Gasteiger partial charge in [-0.15, -0.1) is 0 Å². The molecule has 2 heteroatoms. The number of aromatic nitrogens is 1. The van der Waals surface area contributed by atoms with Crippen LogP contribution in [-0.4, -0.2) is 9.67 Å². The smallest absolute Gasteiger partial charge is 0.120 e. The molecule has 0 fully saturated rings. The van der Waals surface area contributed by atoms with E-state index >= 15 is 0 Å². The molecule has 1 aromatic carbocycles. The summed E-state index contributed by atoms with van der Waals surface area (Å²) in [5, 5.41) is 9.59. The van der Waals surface area contributed by atoms with Gasteiger partial charge in [-0.05, 0) is 25.1 Å². The SMILES string of the molecule is Cc1cccn1Cc1ccccc1O. The van der Waals surface area contributed by atoms with E-state index in [1.54, 1.807) is 6.07 Å². The fourth-order valence-electron chi connectivity index (χ4n) is 1.50. The number of aryl methyl sites for hydroxylation is 1. The van der Waals surface area contributed by atoms with Gasteiger partial charge in [0.05, 0.1) is 6.54 Å². The highest BCUT2D eigenvalue weighted by atomic mass is 16.3. The van der Waals surface area contributed by atoms with Gasteiger partial charge >= 0.3 is 0 Å². The maximum Gasteiger partial charge on any atom is 0.120 e. The Morgan fingerprint density at radius 1 is 1.14 bits per heavy atom. The zero-order valence-electron chi connectivity index (χ0n) is 8.14. The molecule has 72 valence electrons. The number of aromatic hydroxyl groups is 1. The third-order valence-corrected chi connectivity index (χ3v) is 2.39. The molecular formula is C12H13NO. The van der Waals surface area contributed by atoms with Crippen molar-refractivity contribution in [2.24, 2.45) is 0 Å². The Hall–Kier alpha value is -1.70. The Balaban J connectivity index is 2.28. The van der Waals surface area contributed by atoms with Gasteiger partial charge in [-0.3, -0.25) is 0 Å². The fourth-order valence-corrected chi connectivity index (χ4v) is 1.50. The van der Waals surface area contributed by atoms with Crippen LogP contribution in [0.15, 0.2) is 42.6 Å². The summed E-state index contributed by atoms with van der Waals surface area (Å²) in [6.45, 7) is 2.78. The van der Waals surface area contributed by atoms with Gasteiger partial charge < -0.3 is 9.67 Å². The van der Waals surface area contributed by atoms with E-state index in [9.17, 15) is 5.11 Å². The molecule has 0 bridgehead atoms. The Morgan fingerprint density at radius 2 is 1.93 bits per heavy atom. The highest BCUT2D eigenvalue weighted by molar-refractivity contribution is 5.32. The van der Waals surface area contributed by atoms with Crippen LogP contribution in [0, 0.1) is 6.92 Å². The molecule has 0 aliphatic heterocycles. The van der Waals surface area contributed by atoms with E-state index in [0.29, 0.717) is 5.75 Å². The van der Waals surface area contributed by atoms with Crippen LogP contribution in [-0.2, 0) is 6.54 Å². The van der Waals surface area contributed by atoms with E-state index in [4.69, 9.17) is 0 Å². The van der Waals surface area contributed by atoms with Gasteiger partial charge in [0, 0.05) is 17.5 Å². The zero-order chi connectivity index (χ0) is 9.97. The van der Waals surface area contributed by atoms with E-state index in [2.05, 4.69) is 17.6 Å². The number of nitrogens with zero attached hydrogens (tertiary/aromatic N) is 1. The van der Waals surface area contributed by atoms with Crippen molar-refractivity contribution >= 4 is 0 Å². The Bertz CT molecular complexity index is 431. The van der Waals surface area contributed by atoms with Crippen LogP contribution < -0.4 is 0 Å². The number of rotatable bonds is 2. The summed E-state index contributed by atoms with van der Waals surface area (Å²) in [4.78, 5) is 0. The Kier molecular flexibility index (Phi) is 2.27. The molecule has 0 aliphatic carbocycles. The lowest BCUT2D eigenvalue weighted by molar-refractivity contribution is 0.465. The summed E-state index contributed by atoms with van der Waals surface area (Å²) in [6.07, 6.45) is 2.02. The molecule has 2 aromatic rings.